The van der Waals surface area contributed by atoms with Gasteiger partial charge in [0.05, 0.1) is 12.7 Å². The molecule has 9 heteroatoms. The third-order valence-corrected chi connectivity index (χ3v) is 4.47. The number of nitrogens with two attached hydrogens (primary N) is 1. The van der Waals surface area contributed by atoms with Gasteiger partial charge in [0.2, 0.25) is 0 Å². The van der Waals surface area contributed by atoms with Crippen molar-refractivity contribution in [3.8, 4) is 0 Å². The molecule has 138 valence electrons. The fraction of sp³-hybridized carbons (Fsp3) is 0.412. The number of piperidine rings is 1. The Hall–Kier alpha value is -2.68. The number of carbonyl (C=O) groups excluding carboxylic acids is 2. The van der Waals surface area contributed by atoms with E-state index in [0.717, 1.165) is 12.1 Å². The maximum atomic E-state index is 13.3. The minimum absolute atomic E-state index is 0.151. The lowest BCUT2D eigenvalue weighted by atomic mass is 9.88. The van der Waals surface area contributed by atoms with E-state index in [0.29, 0.717) is 39.0 Å². The number of rotatable bonds is 5. The van der Waals surface area contributed by atoms with Gasteiger partial charge in [-0.15, -0.1) is 5.10 Å². The van der Waals surface area contributed by atoms with E-state index in [1.807, 2.05) is 0 Å². The van der Waals surface area contributed by atoms with Crippen molar-refractivity contribution in [3.63, 3.8) is 0 Å². The van der Waals surface area contributed by atoms with Gasteiger partial charge in [0.1, 0.15) is 0 Å². The minimum Gasteiger partial charge on any atom is -0.337 e. The Labute approximate surface area is 148 Å². The van der Waals surface area contributed by atoms with E-state index in [1.165, 1.54) is 10.7 Å². The summed E-state index contributed by atoms with van der Waals surface area (Å²) in [7, 11) is 0. The van der Waals surface area contributed by atoms with Gasteiger partial charge in [0, 0.05) is 31.1 Å². The second-order valence-corrected chi connectivity index (χ2v) is 6.22. The molecule has 1 amide bonds. The SMILES string of the molecule is NCCn1cc(C(=O)N2CCC(C(=O)c3ccc(F)c(F)c3)CC2)nn1. The summed E-state index contributed by atoms with van der Waals surface area (Å²) in [6.45, 7) is 1.66. The molecule has 0 aliphatic carbocycles. The van der Waals surface area contributed by atoms with Crippen LogP contribution in [0.25, 0.3) is 0 Å². The topological polar surface area (TPSA) is 94.1 Å². The molecule has 1 saturated heterocycles. The number of hydrogen-bond donors (Lipinski definition) is 1. The molecule has 1 aromatic heterocycles. The quantitative estimate of drug-likeness (QED) is 0.807. The zero-order chi connectivity index (χ0) is 18.7. The molecule has 0 radical (unpaired) electrons. The van der Waals surface area contributed by atoms with E-state index >= 15 is 0 Å². The van der Waals surface area contributed by atoms with Crippen molar-refractivity contribution in [2.45, 2.75) is 19.4 Å². The summed E-state index contributed by atoms with van der Waals surface area (Å²) in [6, 6.07) is 3.16. The van der Waals surface area contributed by atoms with Crippen molar-refractivity contribution >= 4 is 11.7 Å². The zero-order valence-corrected chi connectivity index (χ0v) is 14.1. The van der Waals surface area contributed by atoms with Crippen molar-refractivity contribution in [3.05, 3.63) is 47.3 Å². The number of carbonyl (C=O) groups is 2. The molecular weight excluding hydrogens is 344 g/mol. The van der Waals surface area contributed by atoms with Crippen LogP contribution in [0, 0.1) is 17.6 Å². The molecule has 0 spiro atoms. The van der Waals surface area contributed by atoms with Crippen LogP contribution in [0.2, 0.25) is 0 Å². The van der Waals surface area contributed by atoms with Crippen molar-refractivity contribution in [2.24, 2.45) is 11.7 Å². The molecule has 1 aliphatic heterocycles. The van der Waals surface area contributed by atoms with Crippen LogP contribution < -0.4 is 5.73 Å². The number of likely N-dealkylation sites (tertiary alicyclic amines) is 1. The van der Waals surface area contributed by atoms with Gasteiger partial charge in [-0.1, -0.05) is 5.21 Å². The molecule has 0 bridgehead atoms. The molecule has 1 aliphatic rings. The molecule has 2 N–H and O–H groups in total. The highest BCUT2D eigenvalue weighted by Gasteiger charge is 2.29. The smallest absolute Gasteiger partial charge is 0.276 e. The summed E-state index contributed by atoms with van der Waals surface area (Å²) >= 11 is 0. The Morgan fingerprint density at radius 2 is 1.92 bits per heavy atom. The lowest BCUT2D eigenvalue weighted by Crippen LogP contribution is -2.40. The van der Waals surface area contributed by atoms with Crippen LogP contribution in [0.5, 0.6) is 0 Å². The van der Waals surface area contributed by atoms with Gasteiger partial charge in [-0.2, -0.15) is 0 Å². The summed E-state index contributed by atoms with van der Waals surface area (Å²) in [5, 5.41) is 7.69. The Bertz CT molecular complexity index is 815. The number of amides is 1. The Kier molecular flexibility index (Phi) is 5.36. The number of ketones is 1. The van der Waals surface area contributed by atoms with Gasteiger partial charge in [-0.25, -0.2) is 8.78 Å². The zero-order valence-electron chi connectivity index (χ0n) is 14.1. The van der Waals surface area contributed by atoms with Crippen molar-refractivity contribution in [1.82, 2.24) is 19.9 Å². The third-order valence-electron chi connectivity index (χ3n) is 4.47. The van der Waals surface area contributed by atoms with Crippen molar-refractivity contribution in [2.75, 3.05) is 19.6 Å². The number of halogens is 2. The highest BCUT2D eigenvalue weighted by molar-refractivity contribution is 5.98. The predicted octanol–water partition coefficient (Wildman–Crippen LogP) is 1.25. The standard InChI is InChI=1S/C17H19F2N5O2/c18-13-2-1-12(9-14(13)19)16(25)11-3-6-23(7-4-11)17(26)15-10-24(8-5-20)22-21-15/h1-2,9-11H,3-8,20H2. The summed E-state index contributed by atoms with van der Waals surface area (Å²) in [5.74, 6) is -2.82. The Balaban J connectivity index is 1.60. The monoisotopic (exact) mass is 363 g/mol. The van der Waals surface area contributed by atoms with Crippen LogP contribution in [0.4, 0.5) is 8.78 Å². The Morgan fingerprint density at radius 1 is 1.19 bits per heavy atom. The van der Waals surface area contributed by atoms with Crippen molar-refractivity contribution in [1.29, 1.82) is 0 Å². The maximum Gasteiger partial charge on any atom is 0.276 e. The van der Waals surface area contributed by atoms with Crippen LogP contribution in [-0.4, -0.2) is 51.2 Å². The average molecular weight is 363 g/mol. The second-order valence-electron chi connectivity index (χ2n) is 6.22. The van der Waals surface area contributed by atoms with Crippen LogP contribution in [-0.2, 0) is 6.54 Å². The number of Topliss-reactive ketones (excluding diaryl/α,β-unsaturated/α-hetero) is 1. The fourth-order valence-electron chi connectivity index (χ4n) is 3.03. The minimum atomic E-state index is -1.04. The first-order valence-corrected chi connectivity index (χ1v) is 8.38. The Morgan fingerprint density at radius 3 is 2.58 bits per heavy atom. The lowest BCUT2D eigenvalue weighted by Gasteiger charge is -2.30. The van der Waals surface area contributed by atoms with E-state index in [1.54, 1.807) is 11.1 Å². The highest BCUT2D eigenvalue weighted by Crippen LogP contribution is 2.23. The average Bonchev–Trinajstić information content (AvgIpc) is 3.12. The molecule has 7 nitrogen and oxygen atoms in total. The summed E-state index contributed by atoms with van der Waals surface area (Å²) in [6.07, 6.45) is 2.47. The van der Waals surface area contributed by atoms with E-state index in [2.05, 4.69) is 10.3 Å². The molecule has 0 atom stereocenters. The van der Waals surface area contributed by atoms with E-state index in [9.17, 15) is 18.4 Å². The summed E-state index contributed by atoms with van der Waals surface area (Å²) < 4.78 is 27.8. The van der Waals surface area contributed by atoms with Gasteiger partial charge in [-0.3, -0.25) is 14.3 Å². The maximum absolute atomic E-state index is 13.3. The first-order valence-electron chi connectivity index (χ1n) is 8.38. The van der Waals surface area contributed by atoms with Crippen LogP contribution >= 0.6 is 0 Å². The molecule has 1 fully saturated rings. The molecule has 3 rings (SSSR count). The molecule has 1 aromatic carbocycles. The molecule has 2 aromatic rings. The summed E-state index contributed by atoms with van der Waals surface area (Å²) in [4.78, 5) is 26.5. The van der Waals surface area contributed by atoms with Gasteiger partial charge in [0.25, 0.3) is 5.91 Å². The highest BCUT2D eigenvalue weighted by atomic mass is 19.2. The molecule has 0 unspecified atom stereocenters. The van der Waals surface area contributed by atoms with E-state index in [-0.39, 0.29) is 28.9 Å². The van der Waals surface area contributed by atoms with Crippen LogP contribution in [0.15, 0.2) is 24.4 Å². The first kappa shape index (κ1) is 18.1. The van der Waals surface area contributed by atoms with E-state index < -0.39 is 11.6 Å². The van der Waals surface area contributed by atoms with Gasteiger partial charge in [0.15, 0.2) is 23.1 Å². The third kappa shape index (κ3) is 3.77. The lowest BCUT2D eigenvalue weighted by molar-refractivity contribution is 0.0645. The van der Waals surface area contributed by atoms with Gasteiger partial charge >= 0.3 is 0 Å². The number of benzene rings is 1. The first-order chi connectivity index (χ1) is 12.5. The number of hydrogen-bond acceptors (Lipinski definition) is 5. The predicted molar refractivity (Wildman–Crippen MR) is 88.4 cm³/mol. The second kappa shape index (κ2) is 7.69. The molecule has 0 saturated carbocycles. The van der Waals surface area contributed by atoms with Gasteiger partial charge in [-0.05, 0) is 31.0 Å². The van der Waals surface area contributed by atoms with Crippen molar-refractivity contribution < 1.29 is 18.4 Å². The molecule has 26 heavy (non-hydrogen) atoms. The van der Waals surface area contributed by atoms with Crippen LogP contribution in [0.1, 0.15) is 33.7 Å². The largest absolute Gasteiger partial charge is 0.337 e. The number of aromatic nitrogens is 3. The molecular formula is C17H19F2N5O2. The normalized spacial score (nSPS) is 15.3. The molecule has 2 heterocycles. The number of nitrogens with zero attached hydrogens (tertiary/aromatic N) is 4. The van der Waals surface area contributed by atoms with E-state index in [4.69, 9.17) is 5.73 Å². The van der Waals surface area contributed by atoms with Gasteiger partial charge < -0.3 is 10.6 Å². The fourth-order valence-corrected chi connectivity index (χ4v) is 3.03. The summed E-state index contributed by atoms with van der Waals surface area (Å²) in [5.41, 5.74) is 5.83. The van der Waals surface area contributed by atoms with Crippen LogP contribution in [0.3, 0.4) is 0 Å².